The number of aromatic nitrogens is 1. The SMILES string of the molecule is O=C(O)[C@H]1C[C@H]1Nc1ccccn1. The number of hydrogen-bond acceptors (Lipinski definition) is 3. The maximum Gasteiger partial charge on any atom is 0.308 e. The third-order valence-electron chi connectivity index (χ3n) is 2.11. The minimum atomic E-state index is -0.728. The van der Waals surface area contributed by atoms with Crippen molar-refractivity contribution < 1.29 is 9.90 Å². The van der Waals surface area contributed by atoms with Gasteiger partial charge in [-0.25, -0.2) is 4.98 Å². The first-order valence-corrected chi connectivity index (χ1v) is 4.18. The summed E-state index contributed by atoms with van der Waals surface area (Å²) < 4.78 is 0. The highest BCUT2D eigenvalue weighted by molar-refractivity contribution is 5.75. The summed E-state index contributed by atoms with van der Waals surface area (Å²) in [6.07, 6.45) is 2.38. The number of aliphatic carboxylic acids is 1. The summed E-state index contributed by atoms with van der Waals surface area (Å²) in [5.41, 5.74) is 0. The molecule has 4 heteroatoms. The normalized spacial score (nSPS) is 25.2. The average Bonchev–Trinajstić information content (AvgIpc) is 2.86. The molecule has 13 heavy (non-hydrogen) atoms. The Morgan fingerprint density at radius 1 is 1.62 bits per heavy atom. The van der Waals surface area contributed by atoms with E-state index >= 15 is 0 Å². The van der Waals surface area contributed by atoms with Crippen molar-refractivity contribution in [3.63, 3.8) is 0 Å². The van der Waals surface area contributed by atoms with Crippen LogP contribution in [0.25, 0.3) is 0 Å². The topological polar surface area (TPSA) is 62.2 Å². The molecule has 2 rings (SSSR count). The first-order chi connectivity index (χ1) is 6.27. The van der Waals surface area contributed by atoms with E-state index in [9.17, 15) is 4.79 Å². The fourth-order valence-electron chi connectivity index (χ4n) is 1.27. The van der Waals surface area contributed by atoms with Crippen LogP contribution in [0, 0.1) is 5.92 Å². The largest absolute Gasteiger partial charge is 0.481 e. The summed E-state index contributed by atoms with van der Waals surface area (Å²) in [6.45, 7) is 0. The number of nitrogens with one attached hydrogen (secondary N) is 1. The predicted octanol–water partition coefficient (Wildman–Crippen LogP) is 0.967. The second-order valence-corrected chi connectivity index (χ2v) is 3.15. The molecule has 1 aliphatic rings. The van der Waals surface area contributed by atoms with E-state index in [0.29, 0.717) is 6.42 Å². The van der Waals surface area contributed by atoms with Crippen LogP contribution in [0.3, 0.4) is 0 Å². The molecule has 0 aliphatic heterocycles. The lowest BCUT2D eigenvalue weighted by Crippen LogP contribution is -2.10. The van der Waals surface area contributed by atoms with Crippen LogP contribution in [-0.2, 0) is 4.79 Å². The van der Waals surface area contributed by atoms with Gasteiger partial charge in [0.25, 0.3) is 0 Å². The van der Waals surface area contributed by atoms with Crippen LogP contribution < -0.4 is 5.32 Å². The number of pyridine rings is 1. The molecule has 1 fully saturated rings. The molecule has 0 bridgehead atoms. The lowest BCUT2D eigenvalue weighted by atomic mass is 10.4. The first-order valence-electron chi connectivity index (χ1n) is 4.18. The van der Waals surface area contributed by atoms with Gasteiger partial charge in [0.15, 0.2) is 0 Å². The van der Waals surface area contributed by atoms with Gasteiger partial charge < -0.3 is 10.4 Å². The van der Waals surface area contributed by atoms with Crippen molar-refractivity contribution >= 4 is 11.8 Å². The van der Waals surface area contributed by atoms with Crippen LogP contribution in [0.15, 0.2) is 24.4 Å². The van der Waals surface area contributed by atoms with Gasteiger partial charge in [0.1, 0.15) is 5.82 Å². The van der Waals surface area contributed by atoms with E-state index < -0.39 is 5.97 Å². The molecule has 1 heterocycles. The summed E-state index contributed by atoms with van der Waals surface area (Å²) in [5.74, 6) is -0.216. The van der Waals surface area contributed by atoms with Crippen molar-refractivity contribution in [1.29, 1.82) is 0 Å². The fraction of sp³-hybridized carbons (Fsp3) is 0.333. The third kappa shape index (κ3) is 1.77. The van der Waals surface area contributed by atoms with E-state index in [2.05, 4.69) is 10.3 Å². The predicted molar refractivity (Wildman–Crippen MR) is 47.4 cm³/mol. The molecule has 0 saturated heterocycles. The molecule has 1 aliphatic carbocycles. The zero-order chi connectivity index (χ0) is 9.26. The number of rotatable bonds is 3. The monoisotopic (exact) mass is 178 g/mol. The highest BCUT2D eigenvalue weighted by Crippen LogP contribution is 2.32. The maximum atomic E-state index is 10.5. The van der Waals surface area contributed by atoms with E-state index in [4.69, 9.17) is 5.11 Å². The Morgan fingerprint density at radius 3 is 3.00 bits per heavy atom. The lowest BCUT2D eigenvalue weighted by molar-refractivity contribution is -0.138. The highest BCUT2D eigenvalue weighted by Gasteiger charge is 2.43. The van der Waals surface area contributed by atoms with Crippen LogP contribution in [0.4, 0.5) is 5.82 Å². The maximum absolute atomic E-state index is 10.5. The van der Waals surface area contributed by atoms with Gasteiger partial charge in [-0.1, -0.05) is 6.07 Å². The second kappa shape index (κ2) is 3.05. The van der Waals surface area contributed by atoms with Crippen LogP contribution in [-0.4, -0.2) is 22.1 Å². The van der Waals surface area contributed by atoms with Gasteiger partial charge >= 0.3 is 5.97 Å². The van der Waals surface area contributed by atoms with Crippen LogP contribution >= 0.6 is 0 Å². The van der Waals surface area contributed by atoms with Crippen molar-refractivity contribution in [2.24, 2.45) is 5.92 Å². The van der Waals surface area contributed by atoms with E-state index in [1.807, 2.05) is 18.2 Å². The number of anilines is 1. The Kier molecular flexibility index (Phi) is 1.88. The van der Waals surface area contributed by atoms with Gasteiger partial charge in [-0.3, -0.25) is 4.79 Å². The molecule has 1 aromatic rings. The Morgan fingerprint density at radius 2 is 2.46 bits per heavy atom. The van der Waals surface area contributed by atoms with Crippen LogP contribution in [0.1, 0.15) is 6.42 Å². The molecule has 68 valence electrons. The van der Waals surface area contributed by atoms with Gasteiger partial charge in [-0.2, -0.15) is 0 Å². The van der Waals surface area contributed by atoms with Crippen molar-refractivity contribution in [3.05, 3.63) is 24.4 Å². The minimum absolute atomic E-state index is 0.0624. The molecule has 0 aromatic carbocycles. The molecule has 2 atom stereocenters. The zero-order valence-electron chi connectivity index (χ0n) is 6.97. The molecular weight excluding hydrogens is 168 g/mol. The number of nitrogens with zero attached hydrogens (tertiary/aromatic N) is 1. The van der Waals surface area contributed by atoms with E-state index in [-0.39, 0.29) is 12.0 Å². The number of carbonyl (C=O) groups is 1. The van der Waals surface area contributed by atoms with E-state index in [1.165, 1.54) is 0 Å². The number of carboxylic acid groups (broad SMARTS) is 1. The molecule has 0 spiro atoms. The fourth-order valence-corrected chi connectivity index (χ4v) is 1.27. The summed E-state index contributed by atoms with van der Waals surface area (Å²) >= 11 is 0. The van der Waals surface area contributed by atoms with Gasteiger partial charge in [0, 0.05) is 12.2 Å². The standard InChI is InChI=1S/C9H10N2O2/c12-9(13)6-5-7(6)11-8-3-1-2-4-10-8/h1-4,6-7H,5H2,(H,10,11)(H,12,13)/t6-,7+/m0/s1. The highest BCUT2D eigenvalue weighted by atomic mass is 16.4. The molecule has 1 saturated carbocycles. The van der Waals surface area contributed by atoms with Gasteiger partial charge in [0.2, 0.25) is 0 Å². The van der Waals surface area contributed by atoms with Crippen molar-refractivity contribution in [2.45, 2.75) is 12.5 Å². The minimum Gasteiger partial charge on any atom is -0.481 e. The van der Waals surface area contributed by atoms with Crippen molar-refractivity contribution in [1.82, 2.24) is 4.98 Å². The van der Waals surface area contributed by atoms with Gasteiger partial charge in [-0.15, -0.1) is 0 Å². The Labute approximate surface area is 75.6 Å². The zero-order valence-corrected chi connectivity index (χ0v) is 6.97. The van der Waals surface area contributed by atoms with Crippen molar-refractivity contribution in [3.8, 4) is 0 Å². The molecule has 0 unspecified atom stereocenters. The van der Waals surface area contributed by atoms with Crippen molar-refractivity contribution in [2.75, 3.05) is 5.32 Å². The van der Waals surface area contributed by atoms with Gasteiger partial charge in [0.05, 0.1) is 5.92 Å². The first kappa shape index (κ1) is 8.04. The Balaban J connectivity index is 1.92. The molecule has 2 N–H and O–H groups in total. The summed E-state index contributed by atoms with van der Waals surface area (Å²) in [7, 11) is 0. The molecule has 4 nitrogen and oxygen atoms in total. The van der Waals surface area contributed by atoms with E-state index in [1.54, 1.807) is 6.20 Å². The summed E-state index contributed by atoms with van der Waals surface area (Å²) in [6, 6.07) is 5.59. The number of carboxylic acids is 1. The van der Waals surface area contributed by atoms with Crippen LogP contribution in [0.5, 0.6) is 0 Å². The molecule has 1 aromatic heterocycles. The molecular formula is C9H10N2O2. The third-order valence-corrected chi connectivity index (χ3v) is 2.11. The Bertz CT molecular complexity index is 313. The quantitative estimate of drug-likeness (QED) is 0.723. The molecule has 0 radical (unpaired) electrons. The lowest BCUT2D eigenvalue weighted by Gasteiger charge is -2.01. The summed E-state index contributed by atoms with van der Waals surface area (Å²) in [4.78, 5) is 14.6. The summed E-state index contributed by atoms with van der Waals surface area (Å²) in [5, 5.41) is 11.7. The van der Waals surface area contributed by atoms with E-state index in [0.717, 1.165) is 5.82 Å². The average molecular weight is 178 g/mol. The molecule has 0 amide bonds. The number of hydrogen-bond donors (Lipinski definition) is 2. The second-order valence-electron chi connectivity index (χ2n) is 3.15. The smallest absolute Gasteiger partial charge is 0.308 e. The van der Waals surface area contributed by atoms with Gasteiger partial charge in [-0.05, 0) is 18.6 Å². The van der Waals surface area contributed by atoms with Crippen LogP contribution in [0.2, 0.25) is 0 Å². The Hall–Kier alpha value is -1.58.